The lowest BCUT2D eigenvalue weighted by Crippen LogP contribution is -2.50. The fraction of sp³-hybridized carbons (Fsp3) is 1.00. The van der Waals surface area contributed by atoms with Crippen molar-refractivity contribution in [2.45, 2.75) is 51.0 Å². The van der Waals surface area contributed by atoms with Crippen LogP contribution in [0.2, 0.25) is 0 Å². The van der Waals surface area contributed by atoms with Crippen molar-refractivity contribution in [3.63, 3.8) is 0 Å². The standard InChI is InChI=1S/C16H33N3/c1-18(2)13-14-8-10-19(11-9-14)16(12-17)15-6-4-3-5-7-15/h14-16H,3-13,17H2,1-2H3. The molecule has 1 heterocycles. The fourth-order valence-electron chi connectivity index (χ4n) is 4.14. The summed E-state index contributed by atoms with van der Waals surface area (Å²) in [6.07, 6.45) is 9.86. The second-order valence-electron chi connectivity index (χ2n) is 6.94. The largest absolute Gasteiger partial charge is 0.329 e. The highest BCUT2D eigenvalue weighted by atomic mass is 15.2. The molecule has 1 atom stereocenters. The number of piperidine rings is 1. The van der Waals surface area contributed by atoms with Crippen LogP contribution in [0.1, 0.15) is 44.9 Å². The Bertz CT molecular complexity index is 240. The zero-order valence-electron chi connectivity index (χ0n) is 13.0. The summed E-state index contributed by atoms with van der Waals surface area (Å²) in [6.45, 7) is 4.67. The van der Waals surface area contributed by atoms with Crippen molar-refractivity contribution in [2.24, 2.45) is 17.6 Å². The van der Waals surface area contributed by atoms with Gasteiger partial charge in [0.2, 0.25) is 0 Å². The molecular formula is C16H33N3. The smallest absolute Gasteiger partial charge is 0.0246 e. The third kappa shape index (κ3) is 4.44. The van der Waals surface area contributed by atoms with E-state index in [-0.39, 0.29) is 0 Å². The molecule has 3 heteroatoms. The Morgan fingerprint density at radius 3 is 2.21 bits per heavy atom. The van der Waals surface area contributed by atoms with Crippen LogP contribution in [-0.4, -0.2) is 56.1 Å². The van der Waals surface area contributed by atoms with E-state index in [1.807, 2.05) is 0 Å². The van der Waals surface area contributed by atoms with E-state index in [1.54, 1.807) is 0 Å². The molecule has 19 heavy (non-hydrogen) atoms. The molecule has 0 aromatic rings. The molecule has 0 aromatic heterocycles. The maximum Gasteiger partial charge on any atom is 0.0246 e. The minimum atomic E-state index is 0.667. The summed E-state index contributed by atoms with van der Waals surface area (Å²) in [7, 11) is 4.38. The van der Waals surface area contributed by atoms with Crippen LogP contribution < -0.4 is 5.73 Å². The Hall–Kier alpha value is -0.120. The van der Waals surface area contributed by atoms with Crippen LogP contribution in [0.5, 0.6) is 0 Å². The van der Waals surface area contributed by atoms with Gasteiger partial charge in [-0.1, -0.05) is 19.3 Å². The van der Waals surface area contributed by atoms with Gasteiger partial charge < -0.3 is 10.6 Å². The van der Waals surface area contributed by atoms with Crippen molar-refractivity contribution in [3.8, 4) is 0 Å². The topological polar surface area (TPSA) is 32.5 Å². The van der Waals surface area contributed by atoms with E-state index in [4.69, 9.17) is 5.73 Å². The van der Waals surface area contributed by atoms with Crippen LogP contribution in [0.4, 0.5) is 0 Å². The predicted octanol–water partition coefficient (Wildman–Crippen LogP) is 2.17. The Morgan fingerprint density at radius 1 is 1.05 bits per heavy atom. The zero-order valence-corrected chi connectivity index (χ0v) is 13.0. The van der Waals surface area contributed by atoms with Gasteiger partial charge >= 0.3 is 0 Å². The monoisotopic (exact) mass is 267 g/mol. The van der Waals surface area contributed by atoms with Crippen molar-refractivity contribution < 1.29 is 0 Å². The lowest BCUT2D eigenvalue weighted by Gasteiger charge is -2.42. The van der Waals surface area contributed by atoms with Gasteiger partial charge in [-0.2, -0.15) is 0 Å². The van der Waals surface area contributed by atoms with Gasteiger partial charge in [-0.3, -0.25) is 4.90 Å². The molecule has 2 aliphatic rings. The number of nitrogens with two attached hydrogens (primary N) is 1. The first-order valence-electron chi connectivity index (χ1n) is 8.29. The second-order valence-corrected chi connectivity index (χ2v) is 6.94. The molecule has 2 N–H and O–H groups in total. The summed E-state index contributed by atoms with van der Waals surface area (Å²) < 4.78 is 0. The van der Waals surface area contributed by atoms with Crippen LogP contribution in [0.15, 0.2) is 0 Å². The second kappa shape index (κ2) is 7.61. The average molecular weight is 267 g/mol. The summed E-state index contributed by atoms with van der Waals surface area (Å²) in [6, 6.07) is 0.667. The highest BCUT2D eigenvalue weighted by Crippen LogP contribution is 2.30. The minimum Gasteiger partial charge on any atom is -0.329 e. The summed E-state index contributed by atoms with van der Waals surface area (Å²) in [4.78, 5) is 5.05. The van der Waals surface area contributed by atoms with Crippen LogP contribution >= 0.6 is 0 Å². The van der Waals surface area contributed by atoms with E-state index in [0.29, 0.717) is 6.04 Å². The normalized spacial score (nSPS) is 25.9. The lowest BCUT2D eigenvalue weighted by atomic mass is 9.82. The summed E-state index contributed by atoms with van der Waals surface area (Å²) in [5.41, 5.74) is 6.10. The van der Waals surface area contributed by atoms with Gasteiger partial charge in [0.05, 0.1) is 0 Å². The van der Waals surface area contributed by atoms with Crippen LogP contribution in [0.25, 0.3) is 0 Å². The van der Waals surface area contributed by atoms with Gasteiger partial charge in [-0.25, -0.2) is 0 Å². The first-order chi connectivity index (χ1) is 9.20. The summed E-state index contributed by atoms with van der Waals surface area (Å²) >= 11 is 0. The van der Waals surface area contributed by atoms with Gasteiger partial charge in [0.15, 0.2) is 0 Å². The lowest BCUT2D eigenvalue weighted by molar-refractivity contribution is 0.0774. The predicted molar refractivity (Wildman–Crippen MR) is 82.3 cm³/mol. The molecule has 0 radical (unpaired) electrons. The average Bonchev–Trinajstić information content (AvgIpc) is 2.42. The van der Waals surface area contributed by atoms with Gasteiger partial charge in [0.25, 0.3) is 0 Å². The van der Waals surface area contributed by atoms with Crippen molar-refractivity contribution in [1.82, 2.24) is 9.80 Å². The quantitative estimate of drug-likeness (QED) is 0.828. The van der Waals surface area contributed by atoms with Gasteiger partial charge in [-0.05, 0) is 64.7 Å². The summed E-state index contributed by atoms with van der Waals surface area (Å²) in [5, 5.41) is 0. The molecule has 2 rings (SSSR count). The first-order valence-corrected chi connectivity index (χ1v) is 8.29. The maximum atomic E-state index is 6.10. The number of hydrogen-bond acceptors (Lipinski definition) is 3. The van der Waals surface area contributed by atoms with Gasteiger partial charge in [0.1, 0.15) is 0 Å². The van der Waals surface area contributed by atoms with Crippen LogP contribution in [0, 0.1) is 11.8 Å². The van der Waals surface area contributed by atoms with E-state index >= 15 is 0 Å². The molecule has 1 saturated carbocycles. The highest BCUT2D eigenvalue weighted by Gasteiger charge is 2.30. The molecule has 0 spiro atoms. The minimum absolute atomic E-state index is 0.667. The third-order valence-electron chi connectivity index (χ3n) is 5.18. The number of hydrogen-bond donors (Lipinski definition) is 1. The fourth-order valence-corrected chi connectivity index (χ4v) is 4.14. The third-order valence-corrected chi connectivity index (χ3v) is 5.18. The Labute approximate surface area is 119 Å². The molecular weight excluding hydrogens is 234 g/mol. The molecule has 1 aliphatic carbocycles. The van der Waals surface area contributed by atoms with E-state index in [9.17, 15) is 0 Å². The van der Waals surface area contributed by atoms with Gasteiger partial charge in [0, 0.05) is 19.1 Å². The molecule has 0 aromatic carbocycles. The Morgan fingerprint density at radius 2 is 1.68 bits per heavy atom. The highest BCUT2D eigenvalue weighted by molar-refractivity contribution is 4.85. The number of likely N-dealkylation sites (tertiary alicyclic amines) is 1. The maximum absolute atomic E-state index is 6.10. The zero-order chi connectivity index (χ0) is 13.7. The number of rotatable bonds is 5. The van der Waals surface area contributed by atoms with Crippen molar-refractivity contribution >= 4 is 0 Å². The SMILES string of the molecule is CN(C)CC1CCN(C(CN)C2CCCCC2)CC1. The van der Waals surface area contributed by atoms with Crippen LogP contribution in [-0.2, 0) is 0 Å². The van der Waals surface area contributed by atoms with Crippen LogP contribution in [0.3, 0.4) is 0 Å². The van der Waals surface area contributed by atoms with Crippen molar-refractivity contribution in [2.75, 3.05) is 40.3 Å². The molecule has 112 valence electrons. The van der Waals surface area contributed by atoms with Gasteiger partial charge in [-0.15, -0.1) is 0 Å². The molecule has 2 fully saturated rings. The van der Waals surface area contributed by atoms with E-state index in [0.717, 1.165) is 18.4 Å². The Kier molecular flexibility index (Phi) is 6.11. The van der Waals surface area contributed by atoms with Crippen molar-refractivity contribution in [1.29, 1.82) is 0 Å². The first kappa shape index (κ1) is 15.3. The molecule has 3 nitrogen and oxygen atoms in total. The van der Waals surface area contributed by atoms with E-state index in [1.165, 1.54) is 64.6 Å². The molecule has 1 unspecified atom stereocenters. The van der Waals surface area contributed by atoms with E-state index < -0.39 is 0 Å². The summed E-state index contributed by atoms with van der Waals surface area (Å²) in [5.74, 6) is 1.78. The molecule has 1 saturated heterocycles. The van der Waals surface area contributed by atoms with Crippen molar-refractivity contribution in [3.05, 3.63) is 0 Å². The van der Waals surface area contributed by atoms with E-state index in [2.05, 4.69) is 23.9 Å². The molecule has 1 aliphatic heterocycles. The Balaban J connectivity index is 1.80. The molecule has 0 amide bonds. The molecule has 0 bridgehead atoms. The number of nitrogens with zero attached hydrogens (tertiary/aromatic N) is 2.